The molecule has 1 aromatic carbocycles. The van der Waals surface area contributed by atoms with Gasteiger partial charge >= 0.3 is 0 Å². The molecule has 19 heavy (non-hydrogen) atoms. The zero-order valence-corrected chi connectivity index (χ0v) is 11.4. The van der Waals surface area contributed by atoms with Crippen LogP contribution in [0.3, 0.4) is 0 Å². The van der Waals surface area contributed by atoms with Crippen LogP contribution < -0.4 is 0 Å². The van der Waals surface area contributed by atoms with Crippen molar-refractivity contribution < 1.29 is 9.59 Å². The second-order valence-corrected chi connectivity index (χ2v) is 5.04. The number of hydrogen-bond acceptors (Lipinski definition) is 4. The highest BCUT2D eigenvalue weighted by Gasteiger charge is 2.12. The molecule has 0 fully saturated rings. The summed E-state index contributed by atoms with van der Waals surface area (Å²) in [7, 11) is 0. The Morgan fingerprint density at radius 2 is 1.95 bits per heavy atom. The summed E-state index contributed by atoms with van der Waals surface area (Å²) in [5.41, 5.74) is 1.59. The lowest BCUT2D eigenvalue weighted by Crippen LogP contribution is -2.05. The average molecular weight is 269 g/mol. The van der Waals surface area contributed by atoms with Gasteiger partial charge in [0.05, 0.1) is 15.8 Å². The van der Waals surface area contributed by atoms with Gasteiger partial charge in [0.2, 0.25) is 0 Å². The van der Waals surface area contributed by atoms with Gasteiger partial charge in [-0.1, -0.05) is 12.1 Å². The predicted molar refractivity (Wildman–Crippen MR) is 75.9 cm³/mol. The standard InChI is InChI=1S/C15H11NO2S/c1-9(17)14(10(2)18)6-12-8-19-15-11(7-16)4-3-5-13(12)15/h3-6,8H,1-2H3. The Morgan fingerprint density at radius 1 is 1.26 bits per heavy atom. The van der Waals surface area contributed by atoms with Crippen LogP contribution in [0, 0.1) is 11.3 Å². The molecule has 0 bridgehead atoms. The summed E-state index contributed by atoms with van der Waals surface area (Å²) in [6.07, 6.45) is 1.60. The van der Waals surface area contributed by atoms with Crippen LogP contribution in [0.25, 0.3) is 16.2 Å². The maximum Gasteiger partial charge on any atom is 0.163 e. The molecule has 0 radical (unpaired) electrons. The van der Waals surface area contributed by atoms with Crippen molar-refractivity contribution >= 4 is 39.1 Å². The van der Waals surface area contributed by atoms with Crippen molar-refractivity contribution in [1.29, 1.82) is 5.26 Å². The van der Waals surface area contributed by atoms with Crippen LogP contribution in [-0.2, 0) is 9.59 Å². The number of nitrogens with zero attached hydrogens (tertiary/aromatic N) is 1. The van der Waals surface area contributed by atoms with E-state index in [0.29, 0.717) is 5.56 Å². The minimum atomic E-state index is -0.247. The van der Waals surface area contributed by atoms with Gasteiger partial charge in [0.25, 0.3) is 0 Å². The maximum absolute atomic E-state index is 11.4. The van der Waals surface area contributed by atoms with E-state index < -0.39 is 0 Å². The Balaban J connectivity index is 2.65. The topological polar surface area (TPSA) is 57.9 Å². The molecule has 3 nitrogen and oxygen atoms in total. The average Bonchev–Trinajstić information content (AvgIpc) is 2.78. The van der Waals surface area contributed by atoms with Crippen molar-refractivity contribution in [2.75, 3.05) is 0 Å². The van der Waals surface area contributed by atoms with Gasteiger partial charge < -0.3 is 0 Å². The van der Waals surface area contributed by atoms with Crippen LogP contribution in [0.1, 0.15) is 25.0 Å². The Labute approximate surface area is 114 Å². The van der Waals surface area contributed by atoms with Crippen molar-refractivity contribution in [2.45, 2.75) is 13.8 Å². The van der Waals surface area contributed by atoms with Gasteiger partial charge in [0.15, 0.2) is 11.6 Å². The molecule has 0 unspecified atom stereocenters. The van der Waals surface area contributed by atoms with E-state index in [2.05, 4.69) is 6.07 Å². The van der Waals surface area contributed by atoms with E-state index in [-0.39, 0.29) is 17.1 Å². The highest BCUT2D eigenvalue weighted by atomic mass is 32.1. The van der Waals surface area contributed by atoms with E-state index in [1.807, 2.05) is 11.4 Å². The molecule has 0 aliphatic rings. The van der Waals surface area contributed by atoms with E-state index in [4.69, 9.17) is 5.26 Å². The highest BCUT2D eigenvalue weighted by Crippen LogP contribution is 2.30. The van der Waals surface area contributed by atoms with Gasteiger partial charge in [0, 0.05) is 5.39 Å². The van der Waals surface area contributed by atoms with Crippen molar-refractivity contribution in [3.05, 3.63) is 40.3 Å². The first kappa shape index (κ1) is 13.2. The SMILES string of the molecule is CC(=O)C(=Cc1csc2c(C#N)cccc12)C(C)=O. The number of rotatable bonds is 3. The van der Waals surface area contributed by atoms with Crippen LogP contribution in [0.15, 0.2) is 29.2 Å². The first-order valence-corrected chi connectivity index (χ1v) is 6.56. The number of fused-ring (bicyclic) bond motifs is 1. The van der Waals surface area contributed by atoms with Crippen LogP contribution >= 0.6 is 11.3 Å². The third-order valence-electron chi connectivity index (χ3n) is 2.81. The van der Waals surface area contributed by atoms with Crippen LogP contribution in [-0.4, -0.2) is 11.6 Å². The van der Waals surface area contributed by atoms with Gasteiger partial charge in [-0.3, -0.25) is 9.59 Å². The lowest BCUT2D eigenvalue weighted by molar-refractivity contribution is -0.119. The minimum Gasteiger partial charge on any atom is -0.294 e. The first-order valence-electron chi connectivity index (χ1n) is 5.68. The summed E-state index contributed by atoms with van der Waals surface area (Å²) >= 11 is 1.44. The van der Waals surface area contributed by atoms with Crippen LogP contribution in [0.4, 0.5) is 0 Å². The summed E-state index contributed by atoms with van der Waals surface area (Å²) in [5, 5.41) is 11.8. The number of hydrogen-bond donors (Lipinski definition) is 0. The molecule has 0 atom stereocenters. The third-order valence-corrected chi connectivity index (χ3v) is 3.86. The Morgan fingerprint density at radius 3 is 2.53 bits per heavy atom. The van der Waals surface area contributed by atoms with Gasteiger partial charge in [0.1, 0.15) is 6.07 Å². The number of benzene rings is 1. The number of Topliss-reactive ketones (excluding diaryl/α,β-unsaturated/α-hetero) is 2. The minimum absolute atomic E-state index is 0.182. The molecule has 2 aromatic rings. The molecular formula is C15H11NO2S. The predicted octanol–water partition coefficient (Wildman–Crippen LogP) is 3.33. The maximum atomic E-state index is 11.4. The fraction of sp³-hybridized carbons (Fsp3) is 0.133. The van der Waals surface area contributed by atoms with E-state index >= 15 is 0 Å². The quantitative estimate of drug-likeness (QED) is 0.488. The molecule has 0 spiro atoms. The Bertz CT molecular complexity index is 731. The van der Waals surface area contributed by atoms with E-state index in [1.165, 1.54) is 25.2 Å². The molecule has 2 rings (SSSR count). The molecule has 0 aliphatic heterocycles. The molecule has 0 N–H and O–H groups in total. The first-order chi connectivity index (χ1) is 9.04. The summed E-state index contributed by atoms with van der Waals surface area (Å²) in [6.45, 7) is 2.75. The summed E-state index contributed by atoms with van der Waals surface area (Å²) in [4.78, 5) is 22.9. The van der Waals surface area contributed by atoms with Gasteiger partial charge in [-0.2, -0.15) is 5.26 Å². The fourth-order valence-electron chi connectivity index (χ4n) is 1.88. The molecule has 0 amide bonds. The number of allylic oxidation sites excluding steroid dienone is 1. The number of carbonyl (C=O) groups excluding carboxylic acids is 2. The normalized spacial score (nSPS) is 9.95. The highest BCUT2D eigenvalue weighted by molar-refractivity contribution is 7.17. The second-order valence-electron chi connectivity index (χ2n) is 4.16. The van der Waals surface area contributed by atoms with Crippen LogP contribution in [0.2, 0.25) is 0 Å². The summed E-state index contributed by atoms with van der Waals surface area (Å²) in [6, 6.07) is 7.57. The molecular weight excluding hydrogens is 258 g/mol. The Kier molecular flexibility index (Phi) is 3.59. The van der Waals surface area contributed by atoms with Crippen molar-refractivity contribution in [2.24, 2.45) is 0 Å². The second kappa shape index (κ2) is 5.17. The van der Waals surface area contributed by atoms with Crippen molar-refractivity contribution in [1.82, 2.24) is 0 Å². The summed E-state index contributed by atoms with van der Waals surface area (Å²) in [5.74, 6) is -0.494. The molecule has 94 valence electrons. The van der Waals surface area contributed by atoms with Crippen molar-refractivity contribution in [3.63, 3.8) is 0 Å². The smallest absolute Gasteiger partial charge is 0.163 e. The van der Waals surface area contributed by atoms with Gasteiger partial charge in [-0.25, -0.2) is 0 Å². The van der Waals surface area contributed by atoms with E-state index in [9.17, 15) is 9.59 Å². The van der Waals surface area contributed by atoms with Gasteiger partial charge in [-0.15, -0.1) is 11.3 Å². The van der Waals surface area contributed by atoms with E-state index in [0.717, 1.165) is 15.6 Å². The monoisotopic (exact) mass is 269 g/mol. The zero-order valence-electron chi connectivity index (χ0n) is 10.6. The summed E-state index contributed by atoms with van der Waals surface area (Å²) < 4.78 is 0.878. The lowest BCUT2D eigenvalue weighted by Gasteiger charge is -1.98. The fourth-order valence-corrected chi connectivity index (χ4v) is 2.88. The van der Waals surface area contributed by atoms with E-state index in [1.54, 1.807) is 18.2 Å². The largest absolute Gasteiger partial charge is 0.294 e. The number of carbonyl (C=O) groups is 2. The third kappa shape index (κ3) is 2.47. The molecule has 4 heteroatoms. The van der Waals surface area contributed by atoms with Gasteiger partial charge in [-0.05, 0) is 36.9 Å². The molecule has 1 heterocycles. The molecule has 1 aromatic heterocycles. The number of ketones is 2. The van der Waals surface area contributed by atoms with Crippen molar-refractivity contribution in [3.8, 4) is 6.07 Å². The lowest BCUT2D eigenvalue weighted by atomic mass is 10.0. The molecule has 0 aliphatic carbocycles. The molecule has 0 saturated carbocycles. The number of nitriles is 1. The number of thiophene rings is 1. The van der Waals surface area contributed by atoms with Crippen LogP contribution in [0.5, 0.6) is 0 Å². The molecule has 0 saturated heterocycles. The zero-order chi connectivity index (χ0) is 14.0. The Hall–Kier alpha value is -2.25.